The zero-order valence-electron chi connectivity index (χ0n) is 15.1. The molecule has 1 atom stereocenters. The van der Waals surface area contributed by atoms with Crippen LogP contribution in [0.25, 0.3) is 0 Å². The van der Waals surface area contributed by atoms with E-state index < -0.39 is 17.8 Å². The van der Waals surface area contributed by atoms with Crippen LogP contribution in [0.5, 0.6) is 11.5 Å². The molecule has 0 aliphatic carbocycles. The smallest absolute Gasteiger partial charge is 0.305 e. The first-order valence-corrected chi connectivity index (χ1v) is 8.47. The summed E-state index contributed by atoms with van der Waals surface area (Å²) in [6, 6.07) is 8.13. The van der Waals surface area contributed by atoms with Crippen LogP contribution >= 0.6 is 0 Å². The van der Waals surface area contributed by atoms with Crippen molar-refractivity contribution in [3.8, 4) is 11.5 Å². The fraction of sp³-hybridized carbons (Fsp3) is 0.300. The first kappa shape index (κ1) is 18.7. The number of carboxylic acid groups (broad SMARTS) is 1. The summed E-state index contributed by atoms with van der Waals surface area (Å²) in [7, 11) is 3.03. The van der Waals surface area contributed by atoms with Crippen LogP contribution in [0.2, 0.25) is 0 Å². The summed E-state index contributed by atoms with van der Waals surface area (Å²) in [5.74, 6) is -0.748. The molecule has 7 heteroatoms. The van der Waals surface area contributed by atoms with Crippen molar-refractivity contribution in [1.82, 2.24) is 4.90 Å². The van der Waals surface area contributed by atoms with Crippen LogP contribution in [0.3, 0.4) is 0 Å². The molecule has 0 spiro atoms. The first-order valence-electron chi connectivity index (χ1n) is 8.47. The molecular weight excluding hydrogens is 353 g/mol. The van der Waals surface area contributed by atoms with E-state index in [-0.39, 0.29) is 12.3 Å². The van der Waals surface area contributed by atoms with Crippen LogP contribution in [0, 0.1) is 5.82 Å². The van der Waals surface area contributed by atoms with Gasteiger partial charge in [-0.05, 0) is 53.9 Å². The molecule has 0 saturated carbocycles. The van der Waals surface area contributed by atoms with Gasteiger partial charge >= 0.3 is 5.97 Å². The third-order valence-corrected chi connectivity index (χ3v) is 4.72. The Morgan fingerprint density at radius 3 is 2.37 bits per heavy atom. The number of carbonyl (C=O) groups is 2. The number of aliphatic carboxylic acids is 1. The van der Waals surface area contributed by atoms with Gasteiger partial charge in [-0.25, -0.2) is 4.39 Å². The minimum Gasteiger partial charge on any atom is -0.493 e. The number of hydrogen-bond acceptors (Lipinski definition) is 4. The molecule has 1 aliphatic heterocycles. The Morgan fingerprint density at radius 2 is 1.78 bits per heavy atom. The van der Waals surface area contributed by atoms with Crippen LogP contribution in [-0.2, 0) is 11.2 Å². The second-order valence-corrected chi connectivity index (χ2v) is 6.28. The second-order valence-electron chi connectivity index (χ2n) is 6.28. The summed E-state index contributed by atoms with van der Waals surface area (Å²) >= 11 is 0. The van der Waals surface area contributed by atoms with Gasteiger partial charge in [0.25, 0.3) is 5.91 Å². The molecule has 3 rings (SSSR count). The van der Waals surface area contributed by atoms with Gasteiger partial charge in [0.15, 0.2) is 11.5 Å². The van der Waals surface area contributed by atoms with Gasteiger partial charge in [-0.2, -0.15) is 0 Å². The third-order valence-electron chi connectivity index (χ3n) is 4.72. The van der Waals surface area contributed by atoms with E-state index in [0.29, 0.717) is 30.0 Å². The number of benzene rings is 2. The lowest BCUT2D eigenvalue weighted by molar-refractivity contribution is -0.138. The van der Waals surface area contributed by atoms with Crippen molar-refractivity contribution >= 4 is 11.9 Å². The summed E-state index contributed by atoms with van der Waals surface area (Å²) in [6.07, 6.45) is 0.314. The summed E-state index contributed by atoms with van der Waals surface area (Å²) in [5.41, 5.74) is 1.95. The van der Waals surface area contributed by atoms with Gasteiger partial charge in [0.1, 0.15) is 5.82 Å². The van der Waals surface area contributed by atoms with Crippen molar-refractivity contribution in [2.45, 2.75) is 18.9 Å². The Kier molecular flexibility index (Phi) is 5.30. The maximum atomic E-state index is 13.2. The standard InChI is InChI=1S/C20H20FNO5/c1-26-17-9-13-7-8-22(20(25)12-3-5-14(21)6-4-12)16(11-19(23)24)15(13)10-18(17)27-2/h3-6,9-10,16H,7-8,11H2,1-2H3,(H,23,24). The summed E-state index contributed by atoms with van der Waals surface area (Å²) in [5, 5.41) is 9.38. The monoisotopic (exact) mass is 373 g/mol. The minimum absolute atomic E-state index is 0.241. The minimum atomic E-state index is -1.01. The average Bonchev–Trinajstić information content (AvgIpc) is 2.66. The maximum Gasteiger partial charge on any atom is 0.305 e. The van der Waals surface area contributed by atoms with Crippen LogP contribution in [0.1, 0.15) is 33.9 Å². The maximum absolute atomic E-state index is 13.2. The van der Waals surface area contributed by atoms with Crippen molar-refractivity contribution in [2.75, 3.05) is 20.8 Å². The highest BCUT2D eigenvalue weighted by molar-refractivity contribution is 5.95. The molecule has 0 saturated heterocycles. The zero-order valence-corrected chi connectivity index (χ0v) is 15.1. The number of fused-ring (bicyclic) bond motifs is 1. The third kappa shape index (κ3) is 3.72. The van der Waals surface area contributed by atoms with Crippen LogP contribution in [-0.4, -0.2) is 42.6 Å². The summed E-state index contributed by atoms with van der Waals surface area (Å²) in [4.78, 5) is 25.9. The fourth-order valence-electron chi connectivity index (χ4n) is 3.42. The normalized spacial score (nSPS) is 15.8. The topological polar surface area (TPSA) is 76.1 Å². The quantitative estimate of drug-likeness (QED) is 0.872. The molecule has 1 amide bonds. The average molecular weight is 373 g/mol. The molecule has 27 heavy (non-hydrogen) atoms. The van der Waals surface area contributed by atoms with Crippen molar-refractivity contribution in [3.63, 3.8) is 0 Å². The molecule has 0 radical (unpaired) electrons. The lowest BCUT2D eigenvalue weighted by atomic mass is 9.89. The molecular formula is C20H20FNO5. The molecule has 0 bridgehead atoms. The van der Waals surface area contributed by atoms with E-state index >= 15 is 0 Å². The highest BCUT2D eigenvalue weighted by atomic mass is 19.1. The Hall–Kier alpha value is -3.09. The molecule has 0 fully saturated rings. The Labute approximate surface area is 156 Å². The van der Waals surface area contributed by atoms with E-state index in [9.17, 15) is 19.1 Å². The van der Waals surface area contributed by atoms with E-state index in [2.05, 4.69) is 0 Å². The largest absolute Gasteiger partial charge is 0.493 e. The SMILES string of the molecule is COc1cc2c(cc1OC)C(CC(=O)O)N(C(=O)c1ccc(F)cc1)CC2. The number of methoxy groups -OCH3 is 2. The molecule has 1 unspecified atom stereocenters. The predicted octanol–water partition coefficient (Wildman–Crippen LogP) is 3.06. The molecule has 6 nitrogen and oxygen atoms in total. The van der Waals surface area contributed by atoms with Crippen molar-refractivity contribution in [1.29, 1.82) is 0 Å². The van der Waals surface area contributed by atoms with Gasteiger partial charge in [0.05, 0.1) is 26.7 Å². The highest BCUT2D eigenvalue weighted by Crippen LogP contribution is 2.40. The van der Waals surface area contributed by atoms with Crippen molar-refractivity contribution < 1.29 is 28.6 Å². The van der Waals surface area contributed by atoms with Crippen molar-refractivity contribution in [3.05, 3.63) is 58.9 Å². The van der Waals surface area contributed by atoms with Gasteiger partial charge in [0, 0.05) is 12.1 Å². The van der Waals surface area contributed by atoms with E-state index in [1.165, 1.54) is 43.4 Å². The summed E-state index contributed by atoms with van der Waals surface area (Å²) in [6.45, 7) is 0.358. The van der Waals surface area contributed by atoms with Gasteiger partial charge in [-0.1, -0.05) is 0 Å². The molecule has 2 aromatic rings. The molecule has 1 N–H and O–H groups in total. The van der Waals surface area contributed by atoms with Gasteiger partial charge in [-0.15, -0.1) is 0 Å². The molecule has 1 heterocycles. The number of carboxylic acids is 1. The lowest BCUT2D eigenvalue weighted by Gasteiger charge is -2.37. The van der Waals surface area contributed by atoms with Gasteiger partial charge < -0.3 is 19.5 Å². The van der Waals surface area contributed by atoms with E-state index in [1.54, 1.807) is 6.07 Å². The van der Waals surface area contributed by atoms with Crippen LogP contribution in [0.4, 0.5) is 4.39 Å². The Morgan fingerprint density at radius 1 is 1.15 bits per heavy atom. The number of carbonyl (C=O) groups excluding carboxylic acids is 1. The number of hydrogen-bond donors (Lipinski definition) is 1. The molecule has 0 aromatic heterocycles. The number of nitrogens with zero attached hydrogens (tertiary/aromatic N) is 1. The molecule has 142 valence electrons. The van der Waals surface area contributed by atoms with E-state index in [4.69, 9.17) is 9.47 Å². The lowest BCUT2D eigenvalue weighted by Crippen LogP contribution is -2.41. The van der Waals surface area contributed by atoms with Gasteiger partial charge in [0.2, 0.25) is 0 Å². The highest BCUT2D eigenvalue weighted by Gasteiger charge is 2.34. The van der Waals surface area contributed by atoms with Crippen LogP contribution in [0.15, 0.2) is 36.4 Å². The van der Waals surface area contributed by atoms with Gasteiger partial charge in [-0.3, -0.25) is 9.59 Å². The first-order chi connectivity index (χ1) is 12.9. The number of halogens is 1. The van der Waals surface area contributed by atoms with Crippen molar-refractivity contribution in [2.24, 2.45) is 0 Å². The molecule has 2 aromatic carbocycles. The fourth-order valence-corrected chi connectivity index (χ4v) is 3.42. The number of rotatable bonds is 5. The van der Waals surface area contributed by atoms with Crippen LogP contribution < -0.4 is 9.47 Å². The molecule has 1 aliphatic rings. The Balaban J connectivity index is 2.02. The number of amides is 1. The second kappa shape index (κ2) is 7.65. The van der Waals surface area contributed by atoms with E-state index in [0.717, 1.165) is 11.1 Å². The summed E-state index contributed by atoms with van der Waals surface area (Å²) < 4.78 is 23.8. The Bertz CT molecular complexity index is 865. The van der Waals surface area contributed by atoms with E-state index in [1.807, 2.05) is 6.07 Å². The predicted molar refractivity (Wildman–Crippen MR) is 95.7 cm³/mol. The number of ether oxygens (including phenoxy) is 2. The zero-order chi connectivity index (χ0) is 19.6.